The Labute approximate surface area is 128 Å². The van der Waals surface area contributed by atoms with E-state index in [0.717, 1.165) is 0 Å². The van der Waals surface area contributed by atoms with Gasteiger partial charge >= 0.3 is 0 Å². The van der Waals surface area contributed by atoms with E-state index in [1.54, 1.807) is 18.2 Å². The molecule has 2 aromatic rings. The standard InChI is InChI=1S/C13H9ClFIN2O/c14-8-2-1-3-10(17)12(8)13(19)18-11-5-4-7(15)6-9(11)16/h1-6H,17H2,(H,18,19). The fraction of sp³-hybridized carbons (Fsp3) is 0. The van der Waals surface area contributed by atoms with Crippen LogP contribution in [0.2, 0.25) is 5.02 Å². The highest BCUT2D eigenvalue weighted by molar-refractivity contribution is 14.1. The minimum atomic E-state index is -0.423. The van der Waals surface area contributed by atoms with Gasteiger partial charge in [0.05, 0.1) is 16.3 Å². The molecule has 2 aromatic carbocycles. The Morgan fingerprint density at radius 1 is 1.32 bits per heavy atom. The van der Waals surface area contributed by atoms with Gasteiger partial charge < -0.3 is 11.1 Å². The molecule has 0 radical (unpaired) electrons. The van der Waals surface area contributed by atoms with E-state index in [4.69, 9.17) is 17.3 Å². The first-order valence-electron chi connectivity index (χ1n) is 5.29. The molecule has 3 nitrogen and oxygen atoms in total. The zero-order valence-corrected chi connectivity index (χ0v) is 12.5. The minimum Gasteiger partial charge on any atom is -0.398 e. The number of carbonyl (C=O) groups excluding carboxylic acids is 1. The van der Waals surface area contributed by atoms with E-state index in [0.29, 0.717) is 14.9 Å². The number of amides is 1. The maximum Gasteiger partial charge on any atom is 0.259 e. The third-order valence-corrected chi connectivity index (χ3v) is 3.66. The van der Waals surface area contributed by atoms with Crippen molar-refractivity contribution in [3.8, 4) is 0 Å². The van der Waals surface area contributed by atoms with Crippen LogP contribution in [-0.4, -0.2) is 5.91 Å². The van der Waals surface area contributed by atoms with Crippen molar-refractivity contribution in [2.75, 3.05) is 11.1 Å². The highest BCUT2D eigenvalue weighted by Crippen LogP contribution is 2.25. The summed E-state index contributed by atoms with van der Waals surface area (Å²) in [5.74, 6) is -0.785. The molecule has 0 aliphatic rings. The predicted octanol–water partition coefficient (Wildman–Crippen LogP) is 3.92. The van der Waals surface area contributed by atoms with Crippen LogP contribution >= 0.6 is 34.2 Å². The molecule has 0 aliphatic carbocycles. The van der Waals surface area contributed by atoms with Crippen LogP contribution in [0.5, 0.6) is 0 Å². The van der Waals surface area contributed by atoms with Crippen LogP contribution in [0.3, 0.4) is 0 Å². The van der Waals surface area contributed by atoms with E-state index in [-0.39, 0.29) is 16.4 Å². The quantitative estimate of drug-likeness (QED) is 0.603. The van der Waals surface area contributed by atoms with E-state index in [9.17, 15) is 9.18 Å². The lowest BCUT2D eigenvalue weighted by Crippen LogP contribution is -2.15. The lowest BCUT2D eigenvalue weighted by molar-refractivity contribution is 0.102. The maximum atomic E-state index is 13.0. The lowest BCUT2D eigenvalue weighted by Gasteiger charge is -2.10. The van der Waals surface area contributed by atoms with Gasteiger partial charge in [-0.05, 0) is 52.9 Å². The molecule has 0 aliphatic heterocycles. The molecule has 0 atom stereocenters. The van der Waals surface area contributed by atoms with Crippen molar-refractivity contribution in [3.05, 3.63) is 56.4 Å². The molecular weight excluding hydrogens is 382 g/mol. The number of anilines is 2. The molecular formula is C13H9ClFIN2O. The zero-order chi connectivity index (χ0) is 14.0. The first-order valence-corrected chi connectivity index (χ1v) is 6.75. The Morgan fingerprint density at radius 3 is 2.68 bits per heavy atom. The highest BCUT2D eigenvalue weighted by Gasteiger charge is 2.15. The van der Waals surface area contributed by atoms with Gasteiger partial charge in [-0.25, -0.2) is 4.39 Å². The Bertz CT molecular complexity index is 628. The third-order valence-electron chi connectivity index (χ3n) is 2.45. The van der Waals surface area contributed by atoms with Gasteiger partial charge in [0.15, 0.2) is 0 Å². The average molecular weight is 391 g/mol. The smallest absolute Gasteiger partial charge is 0.259 e. The molecule has 0 unspecified atom stereocenters. The molecule has 19 heavy (non-hydrogen) atoms. The van der Waals surface area contributed by atoms with Crippen LogP contribution < -0.4 is 11.1 Å². The summed E-state index contributed by atoms with van der Waals surface area (Å²) < 4.78 is 13.6. The number of carbonyl (C=O) groups is 1. The lowest BCUT2D eigenvalue weighted by atomic mass is 10.1. The highest BCUT2D eigenvalue weighted by atomic mass is 127. The number of nitrogens with two attached hydrogens (primary N) is 1. The number of nitrogens with one attached hydrogen (secondary N) is 1. The number of rotatable bonds is 2. The Morgan fingerprint density at radius 2 is 2.05 bits per heavy atom. The molecule has 1 amide bonds. The number of nitrogen functional groups attached to an aromatic ring is 1. The van der Waals surface area contributed by atoms with Crippen molar-refractivity contribution in [3.63, 3.8) is 0 Å². The molecule has 0 bridgehead atoms. The molecule has 3 N–H and O–H groups in total. The van der Waals surface area contributed by atoms with Crippen LogP contribution in [0.4, 0.5) is 15.8 Å². The number of hydrogen-bond acceptors (Lipinski definition) is 2. The van der Waals surface area contributed by atoms with E-state index in [1.807, 2.05) is 22.6 Å². The Balaban J connectivity index is 2.31. The third kappa shape index (κ3) is 3.16. The van der Waals surface area contributed by atoms with Crippen LogP contribution in [0.25, 0.3) is 0 Å². The van der Waals surface area contributed by atoms with E-state index >= 15 is 0 Å². The average Bonchev–Trinajstić information content (AvgIpc) is 2.32. The zero-order valence-electron chi connectivity index (χ0n) is 9.58. The topological polar surface area (TPSA) is 55.1 Å². The SMILES string of the molecule is Nc1cccc(Cl)c1C(=O)Nc1ccc(F)cc1I. The monoisotopic (exact) mass is 390 g/mol. The van der Waals surface area contributed by atoms with Crippen LogP contribution in [0, 0.1) is 9.39 Å². The van der Waals surface area contributed by atoms with Crippen molar-refractivity contribution in [2.24, 2.45) is 0 Å². The largest absolute Gasteiger partial charge is 0.398 e. The van der Waals surface area contributed by atoms with Gasteiger partial charge in [-0.2, -0.15) is 0 Å². The van der Waals surface area contributed by atoms with Crippen molar-refractivity contribution in [1.82, 2.24) is 0 Å². The number of benzene rings is 2. The summed E-state index contributed by atoms with van der Waals surface area (Å²) in [4.78, 5) is 12.1. The van der Waals surface area contributed by atoms with Gasteiger partial charge in [-0.3, -0.25) is 4.79 Å². The van der Waals surface area contributed by atoms with Gasteiger partial charge in [0, 0.05) is 9.26 Å². The fourth-order valence-electron chi connectivity index (χ4n) is 1.56. The molecule has 0 spiro atoms. The summed E-state index contributed by atoms with van der Waals surface area (Å²) in [6.07, 6.45) is 0. The fourth-order valence-corrected chi connectivity index (χ4v) is 2.44. The van der Waals surface area contributed by atoms with Crippen molar-refractivity contribution >= 4 is 51.5 Å². The summed E-state index contributed by atoms with van der Waals surface area (Å²) in [7, 11) is 0. The summed E-state index contributed by atoms with van der Waals surface area (Å²) >= 11 is 7.89. The summed E-state index contributed by atoms with van der Waals surface area (Å²) in [5.41, 5.74) is 6.74. The van der Waals surface area contributed by atoms with Crippen molar-refractivity contribution in [2.45, 2.75) is 0 Å². The number of hydrogen-bond donors (Lipinski definition) is 2. The normalized spacial score (nSPS) is 10.3. The van der Waals surface area contributed by atoms with Gasteiger partial charge in [0.1, 0.15) is 5.82 Å². The van der Waals surface area contributed by atoms with E-state index < -0.39 is 5.91 Å². The molecule has 0 fully saturated rings. The van der Waals surface area contributed by atoms with Crippen LogP contribution in [0.1, 0.15) is 10.4 Å². The van der Waals surface area contributed by atoms with Gasteiger partial charge in [-0.15, -0.1) is 0 Å². The van der Waals surface area contributed by atoms with Crippen LogP contribution in [0.15, 0.2) is 36.4 Å². The maximum absolute atomic E-state index is 13.0. The second-order valence-electron chi connectivity index (χ2n) is 3.78. The van der Waals surface area contributed by atoms with E-state index in [1.165, 1.54) is 18.2 Å². The number of halogens is 3. The Hall–Kier alpha value is -1.34. The Kier molecular flexibility index (Phi) is 4.26. The summed E-state index contributed by atoms with van der Waals surface area (Å²) in [5, 5.41) is 2.93. The van der Waals surface area contributed by atoms with E-state index in [2.05, 4.69) is 5.32 Å². The first-order chi connectivity index (χ1) is 8.99. The molecule has 0 saturated heterocycles. The van der Waals surface area contributed by atoms with Crippen LogP contribution in [-0.2, 0) is 0 Å². The minimum absolute atomic E-state index is 0.212. The van der Waals surface area contributed by atoms with Crippen molar-refractivity contribution < 1.29 is 9.18 Å². The second kappa shape index (κ2) is 5.75. The van der Waals surface area contributed by atoms with Gasteiger partial charge in [0.2, 0.25) is 0 Å². The van der Waals surface area contributed by atoms with Crippen molar-refractivity contribution in [1.29, 1.82) is 0 Å². The molecule has 98 valence electrons. The summed E-state index contributed by atoms with van der Waals surface area (Å²) in [6.45, 7) is 0. The molecule has 0 saturated carbocycles. The van der Waals surface area contributed by atoms with Gasteiger partial charge in [-0.1, -0.05) is 17.7 Å². The predicted molar refractivity (Wildman–Crippen MR) is 82.9 cm³/mol. The molecule has 6 heteroatoms. The molecule has 0 heterocycles. The molecule has 2 rings (SSSR count). The second-order valence-corrected chi connectivity index (χ2v) is 5.35. The van der Waals surface area contributed by atoms with Gasteiger partial charge in [0.25, 0.3) is 5.91 Å². The summed E-state index contributed by atoms with van der Waals surface area (Å²) in [6, 6.07) is 8.93. The first kappa shape index (κ1) is 14.1. The molecule has 0 aromatic heterocycles.